The second-order valence-electron chi connectivity index (χ2n) is 7.04. The zero-order valence-electron chi connectivity index (χ0n) is 16.1. The van der Waals surface area contributed by atoms with Gasteiger partial charge in [-0.1, -0.05) is 18.5 Å². The van der Waals surface area contributed by atoms with Gasteiger partial charge in [0.15, 0.2) is 6.61 Å². The minimum Gasteiger partial charge on any atom is -0.482 e. The van der Waals surface area contributed by atoms with Crippen molar-refractivity contribution in [2.75, 3.05) is 39.5 Å². The lowest BCUT2D eigenvalue weighted by molar-refractivity contribution is -0.137. The number of benzene rings is 1. The maximum atomic E-state index is 12.7. The molecule has 28 heavy (non-hydrogen) atoms. The number of amides is 1. The topological polar surface area (TPSA) is 76.2 Å². The highest BCUT2D eigenvalue weighted by atomic mass is 35.5. The Morgan fingerprint density at radius 3 is 2.68 bits per heavy atom. The van der Waals surface area contributed by atoms with Crippen molar-refractivity contribution in [1.82, 2.24) is 9.21 Å². The van der Waals surface area contributed by atoms with Crippen molar-refractivity contribution in [3.63, 3.8) is 0 Å². The number of carbonyl (C=O) groups is 1. The molecule has 2 aliphatic heterocycles. The summed E-state index contributed by atoms with van der Waals surface area (Å²) in [6.45, 7) is 4.14. The summed E-state index contributed by atoms with van der Waals surface area (Å²) in [7, 11) is -3.62. The Kier molecular flexibility index (Phi) is 7.20. The Bertz CT molecular complexity index is 796. The standard InChI is InChI=1S/C19H27ClN2O5S/c1-2-15-5-3-4-8-22(15)19(23)14-27-18-7-6-16(13-17(18)20)28(24,25)21-9-11-26-12-10-21/h6-7,13,15H,2-5,8-12,14H2,1H3/t15-/m1/s1. The number of rotatable bonds is 6. The molecule has 1 aromatic carbocycles. The van der Waals surface area contributed by atoms with E-state index in [0.29, 0.717) is 32.1 Å². The summed E-state index contributed by atoms with van der Waals surface area (Å²) >= 11 is 6.24. The van der Waals surface area contributed by atoms with Gasteiger partial charge in [-0.2, -0.15) is 4.31 Å². The van der Waals surface area contributed by atoms with Gasteiger partial charge in [-0.05, 0) is 43.9 Å². The van der Waals surface area contributed by atoms with Gasteiger partial charge in [0.2, 0.25) is 10.0 Å². The van der Waals surface area contributed by atoms with E-state index in [-0.39, 0.29) is 28.5 Å². The molecule has 0 aromatic heterocycles. The maximum Gasteiger partial charge on any atom is 0.260 e. The average Bonchev–Trinajstić information content (AvgIpc) is 2.73. The number of carbonyl (C=O) groups excluding carboxylic acids is 1. The SMILES string of the molecule is CC[C@@H]1CCCCN1C(=O)COc1ccc(S(=O)(=O)N2CCOCC2)cc1Cl. The number of piperidine rings is 1. The Labute approximate surface area is 171 Å². The number of morpholine rings is 1. The fourth-order valence-electron chi connectivity index (χ4n) is 3.67. The van der Waals surface area contributed by atoms with Crippen LogP contribution in [0.4, 0.5) is 0 Å². The second kappa shape index (κ2) is 9.43. The quantitative estimate of drug-likeness (QED) is 0.693. The molecule has 156 valence electrons. The van der Waals surface area contributed by atoms with E-state index in [2.05, 4.69) is 6.92 Å². The molecule has 2 fully saturated rings. The highest BCUT2D eigenvalue weighted by molar-refractivity contribution is 7.89. The monoisotopic (exact) mass is 430 g/mol. The molecule has 2 saturated heterocycles. The molecule has 1 atom stereocenters. The summed E-state index contributed by atoms with van der Waals surface area (Å²) in [5, 5.41) is 0.174. The zero-order chi connectivity index (χ0) is 20.1. The molecular weight excluding hydrogens is 404 g/mol. The van der Waals surface area contributed by atoms with Crippen LogP contribution in [0.5, 0.6) is 5.75 Å². The van der Waals surface area contributed by atoms with Gasteiger partial charge in [0, 0.05) is 25.7 Å². The maximum absolute atomic E-state index is 12.7. The predicted molar refractivity (Wildman–Crippen MR) is 106 cm³/mol. The summed E-state index contributed by atoms with van der Waals surface area (Å²) < 4.78 is 37.6. The zero-order valence-corrected chi connectivity index (χ0v) is 17.7. The molecular formula is C19H27ClN2O5S. The summed E-state index contributed by atoms with van der Waals surface area (Å²) in [6.07, 6.45) is 4.11. The summed E-state index contributed by atoms with van der Waals surface area (Å²) in [5.74, 6) is 0.244. The normalized spacial score (nSPS) is 21.5. The van der Waals surface area contributed by atoms with Crippen LogP contribution in [-0.4, -0.2) is 69.0 Å². The number of hydrogen-bond donors (Lipinski definition) is 0. The molecule has 0 radical (unpaired) electrons. The Morgan fingerprint density at radius 2 is 2.00 bits per heavy atom. The molecule has 1 amide bonds. The van der Waals surface area contributed by atoms with Crippen molar-refractivity contribution in [2.45, 2.75) is 43.5 Å². The van der Waals surface area contributed by atoms with Crippen molar-refractivity contribution in [3.8, 4) is 5.75 Å². The van der Waals surface area contributed by atoms with E-state index in [0.717, 1.165) is 32.2 Å². The molecule has 0 aliphatic carbocycles. The smallest absolute Gasteiger partial charge is 0.260 e. The summed E-state index contributed by atoms with van der Waals surface area (Å²) in [6, 6.07) is 4.62. The van der Waals surface area contributed by atoms with Crippen molar-refractivity contribution < 1.29 is 22.7 Å². The number of likely N-dealkylation sites (tertiary alicyclic amines) is 1. The van der Waals surface area contributed by atoms with E-state index < -0.39 is 10.0 Å². The van der Waals surface area contributed by atoms with Gasteiger partial charge in [-0.3, -0.25) is 4.79 Å². The van der Waals surface area contributed by atoms with Crippen molar-refractivity contribution in [3.05, 3.63) is 23.2 Å². The van der Waals surface area contributed by atoms with Crippen LogP contribution in [0.25, 0.3) is 0 Å². The number of ether oxygens (including phenoxy) is 2. The molecule has 2 aliphatic rings. The minimum absolute atomic E-state index is 0.0624. The van der Waals surface area contributed by atoms with E-state index >= 15 is 0 Å². The molecule has 0 N–H and O–H groups in total. The number of hydrogen-bond acceptors (Lipinski definition) is 5. The molecule has 0 unspecified atom stereocenters. The first-order chi connectivity index (χ1) is 13.4. The fourth-order valence-corrected chi connectivity index (χ4v) is 5.41. The van der Waals surface area contributed by atoms with Crippen molar-refractivity contribution in [2.24, 2.45) is 0 Å². The van der Waals surface area contributed by atoms with Gasteiger partial charge >= 0.3 is 0 Å². The van der Waals surface area contributed by atoms with Crippen LogP contribution in [-0.2, 0) is 19.6 Å². The molecule has 2 heterocycles. The van der Waals surface area contributed by atoms with Crippen LogP contribution < -0.4 is 4.74 Å². The largest absolute Gasteiger partial charge is 0.482 e. The highest BCUT2D eigenvalue weighted by Gasteiger charge is 2.28. The predicted octanol–water partition coefficient (Wildman–Crippen LogP) is 2.53. The molecule has 0 bridgehead atoms. The van der Waals surface area contributed by atoms with Gasteiger partial charge in [0.1, 0.15) is 5.75 Å². The summed E-state index contributed by atoms with van der Waals surface area (Å²) in [5.41, 5.74) is 0. The third-order valence-electron chi connectivity index (χ3n) is 5.28. The van der Waals surface area contributed by atoms with Crippen LogP contribution in [0.3, 0.4) is 0 Å². The molecule has 9 heteroatoms. The molecule has 3 rings (SSSR count). The Balaban J connectivity index is 1.65. The van der Waals surface area contributed by atoms with Gasteiger partial charge in [0.25, 0.3) is 5.91 Å². The van der Waals surface area contributed by atoms with E-state index in [1.807, 2.05) is 4.90 Å². The highest BCUT2D eigenvalue weighted by Crippen LogP contribution is 2.29. The first-order valence-corrected chi connectivity index (χ1v) is 11.5. The Hall–Kier alpha value is -1.35. The fraction of sp³-hybridized carbons (Fsp3) is 0.632. The average molecular weight is 431 g/mol. The van der Waals surface area contributed by atoms with Gasteiger partial charge in [0.05, 0.1) is 23.1 Å². The molecule has 0 spiro atoms. The molecule has 7 nitrogen and oxygen atoms in total. The first kappa shape index (κ1) is 21.4. The third kappa shape index (κ3) is 4.79. The van der Waals surface area contributed by atoms with Crippen LogP contribution in [0.2, 0.25) is 5.02 Å². The molecule has 0 saturated carbocycles. The van der Waals surface area contributed by atoms with Crippen LogP contribution in [0, 0.1) is 0 Å². The second-order valence-corrected chi connectivity index (χ2v) is 9.39. The molecule has 1 aromatic rings. The number of halogens is 1. The summed E-state index contributed by atoms with van der Waals surface area (Å²) in [4.78, 5) is 14.5. The van der Waals surface area contributed by atoms with E-state index in [4.69, 9.17) is 21.1 Å². The number of sulfonamides is 1. The van der Waals surface area contributed by atoms with Crippen molar-refractivity contribution in [1.29, 1.82) is 0 Å². The lowest BCUT2D eigenvalue weighted by Gasteiger charge is -2.35. The first-order valence-electron chi connectivity index (χ1n) is 9.73. The van der Waals surface area contributed by atoms with E-state index in [1.165, 1.54) is 22.5 Å². The van der Waals surface area contributed by atoms with Crippen LogP contribution in [0.15, 0.2) is 23.1 Å². The van der Waals surface area contributed by atoms with Gasteiger partial charge in [-0.25, -0.2) is 8.42 Å². The van der Waals surface area contributed by atoms with Crippen LogP contribution >= 0.6 is 11.6 Å². The van der Waals surface area contributed by atoms with E-state index in [9.17, 15) is 13.2 Å². The lowest BCUT2D eigenvalue weighted by Crippen LogP contribution is -2.45. The van der Waals surface area contributed by atoms with E-state index in [1.54, 1.807) is 0 Å². The van der Waals surface area contributed by atoms with Gasteiger partial charge in [-0.15, -0.1) is 0 Å². The van der Waals surface area contributed by atoms with Gasteiger partial charge < -0.3 is 14.4 Å². The number of nitrogens with zero attached hydrogens (tertiary/aromatic N) is 2. The minimum atomic E-state index is -3.62. The van der Waals surface area contributed by atoms with Crippen LogP contribution in [0.1, 0.15) is 32.6 Å². The lowest BCUT2D eigenvalue weighted by atomic mass is 10.00. The Morgan fingerprint density at radius 1 is 1.25 bits per heavy atom. The van der Waals surface area contributed by atoms with Crippen molar-refractivity contribution >= 4 is 27.5 Å². The third-order valence-corrected chi connectivity index (χ3v) is 7.47.